The summed E-state index contributed by atoms with van der Waals surface area (Å²) in [6, 6.07) is 3.68. The molecular weight excluding hydrogens is 255 g/mol. The van der Waals surface area contributed by atoms with Gasteiger partial charge in [-0.1, -0.05) is 6.07 Å². The predicted octanol–water partition coefficient (Wildman–Crippen LogP) is 3.75. The van der Waals surface area contributed by atoms with E-state index in [-0.39, 0.29) is 5.69 Å². The van der Waals surface area contributed by atoms with Crippen molar-refractivity contribution >= 4 is 0 Å². The van der Waals surface area contributed by atoms with E-state index in [1.54, 1.807) is 12.3 Å². The minimum atomic E-state index is -1.33. The second kappa shape index (κ2) is 4.26. The molecule has 0 radical (unpaired) electrons. The van der Waals surface area contributed by atoms with Crippen LogP contribution in [0, 0.1) is 17.5 Å². The van der Waals surface area contributed by atoms with Crippen molar-refractivity contribution in [3.8, 4) is 17.0 Å². The molecule has 98 valence electrons. The molecule has 1 N–H and O–H groups in total. The van der Waals surface area contributed by atoms with Crippen LogP contribution in [-0.2, 0) is 0 Å². The number of benzene rings is 1. The van der Waals surface area contributed by atoms with Gasteiger partial charge in [0, 0.05) is 12.3 Å². The lowest BCUT2D eigenvalue weighted by Crippen LogP contribution is -1.96. The van der Waals surface area contributed by atoms with Crippen molar-refractivity contribution < 1.29 is 18.3 Å². The van der Waals surface area contributed by atoms with Crippen molar-refractivity contribution in [2.75, 3.05) is 0 Å². The van der Waals surface area contributed by atoms with E-state index in [0.29, 0.717) is 12.0 Å². The number of phenolic OH excluding ortho intramolecular Hbond substituents is 1. The van der Waals surface area contributed by atoms with Crippen LogP contribution in [0.5, 0.6) is 5.75 Å². The van der Waals surface area contributed by atoms with Crippen molar-refractivity contribution in [3.05, 3.63) is 47.4 Å². The SMILES string of the molecule is Oc1c(F)cc(F)c(-c2ccc(C3CC3)cn2)c1F. The van der Waals surface area contributed by atoms with E-state index < -0.39 is 28.8 Å². The Morgan fingerprint density at radius 3 is 2.42 bits per heavy atom. The molecule has 1 saturated carbocycles. The average molecular weight is 265 g/mol. The number of hydrogen-bond acceptors (Lipinski definition) is 2. The Morgan fingerprint density at radius 1 is 1.11 bits per heavy atom. The smallest absolute Gasteiger partial charge is 0.188 e. The highest BCUT2D eigenvalue weighted by molar-refractivity contribution is 5.63. The second-order valence-corrected chi connectivity index (χ2v) is 4.63. The molecule has 0 spiro atoms. The van der Waals surface area contributed by atoms with Crippen LogP contribution >= 0.6 is 0 Å². The van der Waals surface area contributed by atoms with Crippen molar-refractivity contribution in [1.29, 1.82) is 0 Å². The number of rotatable bonds is 2. The molecule has 19 heavy (non-hydrogen) atoms. The molecule has 2 nitrogen and oxygen atoms in total. The standard InChI is InChI=1S/C14H10F3NO/c15-9-5-10(16)14(19)13(17)12(9)11-4-3-8(6-18-11)7-1-2-7/h3-7,19H,1-2H2. The van der Waals surface area contributed by atoms with Gasteiger partial charge in [-0.05, 0) is 30.4 Å². The van der Waals surface area contributed by atoms with Crippen molar-refractivity contribution in [2.45, 2.75) is 18.8 Å². The fourth-order valence-corrected chi connectivity index (χ4v) is 2.03. The predicted molar refractivity (Wildman–Crippen MR) is 63.2 cm³/mol. The molecule has 1 aromatic heterocycles. The third-order valence-corrected chi connectivity index (χ3v) is 3.24. The highest BCUT2D eigenvalue weighted by atomic mass is 19.1. The summed E-state index contributed by atoms with van der Waals surface area (Å²) in [7, 11) is 0. The quantitative estimate of drug-likeness (QED) is 0.897. The van der Waals surface area contributed by atoms with Gasteiger partial charge in [0.25, 0.3) is 0 Å². The number of aromatic nitrogens is 1. The second-order valence-electron chi connectivity index (χ2n) is 4.63. The Labute approximate surface area is 107 Å². The lowest BCUT2D eigenvalue weighted by atomic mass is 10.1. The minimum absolute atomic E-state index is 0.0368. The lowest BCUT2D eigenvalue weighted by molar-refractivity contribution is 0.392. The number of pyridine rings is 1. The highest BCUT2D eigenvalue weighted by Gasteiger charge is 2.25. The maximum absolute atomic E-state index is 13.7. The van der Waals surface area contributed by atoms with Gasteiger partial charge in [0.15, 0.2) is 17.4 Å². The normalized spacial score (nSPS) is 14.7. The van der Waals surface area contributed by atoms with E-state index in [0.717, 1.165) is 18.4 Å². The maximum Gasteiger partial charge on any atom is 0.188 e. The third kappa shape index (κ3) is 2.05. The molecule has 0 atom stereocenters. The summed E-state index contributed by atoms with van der Waals surface area (Å²) < 4.78 is 40.3. The fourth-order valence-electron chi connectivity index (χ4n) is 2.03. The zero-order valence-electron chi connectivity index (χ0n) is 9.83. The van der Waals surface area contributed by atoms with Crippen LogP contribution in [0.4, 0.5) is 13.2 Å². The molecule has 0 unspecified atom stereocenters. The van der Waals surface area contributed by atoms with Gasteiger partial charge in [-0.15, -0.1) is 0 Å². The molecule has 2 aromatic rings. The van der Waals surface area contributed by atoms with Crippen molar-refractivity contribution in [2.24, 2.45) is 0 Å². The first-order valence-corrected chi connectivity index (χ1v) is 5.90. The van der Waals surface area contributed by atoms with Gasteiger partial charge >= 0.3 is 0 Å². The van der Waals surface area contributed by atoms with Gasteiger partial charge in [-0.25, -0.2) is 13.2 Å². The summed E-state index contributed by atoms with van der Waals surface area (Å²) in [6.45, 7) is 0. The zero-order valence-corrected chi connectivity index (χ0v) is 9.83. The summed E-state index contributed by atoms with van der Waals surface area (Å²) in [5, 5.41) is 9.18. The van der Waals surface area contributed by atoms with E-state index in [2.05, 4.69) is 4.98 Å². The molecule has 1 aliphatic carbocycles. The Balaban J connectivity index is 2.08. The van der Waals surface area contributed by atoms with Crippen LogP contribution in [0.25, 0.3) is 11.3 Å². The minimum Gasteiger partial charge on any atom is -0.503 e. The summed E-state index contributed by atoms with van der Waals surface area (Å²) >= 11 is 0. The first-order chi connectivity index (χ1) is 9.08. The molecule has 1 aliphatic rings. The lowest BCUT2D eigenvalue weighted by Gasteiger charge is -2.07. The summed E-state index contributed by atoms with van der Waals surface area (Å²) in [6.07, 6.45) is 3.76. The van der Waals surface area contributed by atoms with Crippen LogP contribution in [-0.4, -0.2) is 10.1 Å². The van der Waals surface area contributed by atoms with Crippen molar-refractivity contribution in [3.63, 3.8) is 0 Å². The topological polar surface area (TPSA) is 33.1 Å². The first kappa shape index (κ1) is 12.0. The van der Waals surface area contributed by atoms with E-state index in [4.69, 9.17) is 0 Å². The van der Waals surface area contributed by atoms with Gasteiger partial charge in [-0.3, -0.25) is 4.98 Å². The number of hydrogen-bond donors (Lipinski definition) is 1. The molecule has 1 aromatic carbocycles. The van der Waals surface area contributed by atoms with Crippen molar-refractivity contribution in [1.82, 2.24) is 4.98 Å². The van der Waals surface area contributed by atoms with Gasteiger partial charge in [-0.2, -0.15) is 0 Å². The molecule has 0 bridgehead atoms. The summed E-state index contributed by atoms with van der Waals surface area (Å²) in [5.41, 5.74) is 0.548. The Bertz CT molecular complexity index is 636. The van der Waals surface area contributed by atoms with Crippen LogP contribution in [0.2, 0.25) is 0 Å². The average Bonchev–Trinajstić information content (AvgIpc) is 3.21. The largest absolute Gasteiger partial charge is 0.503 e. The van der Waals surface area contributed by atoms with Crippen LogP contribution in [0.15, 0.2) is 24.4 Å². The fraction of sp³-hybridized carbons (Fsp3) is 0.214. The highest BCUT2D eigenvalue weighted by Crippen LogP contribution is 2.40. The van der Waals surface area contributed by atoms with E-state index in [9.17, 15) is 18.3 Å². The zero-order chi connectivity index (χ0) is 13.6. The van der Waals surface area contributed by atoms with Crippen LogP contribution < -0.4 is 0 Å². The molecular formula is C14H10F3NO. The van der Waals surface area contributed by atoms with E-state index >= 15 is 0 Å². The van der Waals surface area contributed by atoms with Gasteiger partial charge < -0.3 is 5.11 Å². The van der Waals surface area contributed by atoms with Crippen LogP contribution in [0.3, 0.4) is 0 Å². The summed E-state index contributed by atoms with van der Waals surface area (Å²) in [5.74, 6) is -4.45. The van der Waals surface area contributed by atoms with Gasteiger partial charge in [0.2, 0.25) is 0 Å². The number of halogens is 3. The molecule has 1 fully saturated rings. The molecule has 5 heteroatoms. The van der Waals surface area contributed by atoms with Crippen LogP contribution in [0.1, 0.15) is 24.3 Å². The molecule has 1 heterocycles. The molecule has 0 aliphatic heterocycles. The van der Waals surface area contributed by atoms with Gasteiger partial charge in [0.1, 0.15) is 5.82 Å². The first-order valence-electron chi connectivity index (χ1n) is 5.90. The molecule has 3 rings (SSSR count). The third-order valence-electron chi connectivity index (χ3n) is 3.24. The number of phenols is 1. The Morgan fingerprint density at radius 2 is 1.84 bits per heavy atom. The molecule has 0 saturated heterocycles. The van der Waals surface area contributed by atoms with E-state index in [1.165, 1.54) is 6.07 Å². The van der Waals surface area contributed by atoms with E-state index in [1.807, 2.05) is 0 Å². The summed E-state index contributed by atoms with van der Waals surface area (Å²) in [4.78, 5) is 3.99. The number of aromatic hydroxyl groups is 1. The Kier molecular flexibility index (Phi) is 2.69. The number of nitrogens with zero attached hydrogens (tertiary/aromatic N) is 1. The molecule has 0 amide bonds. The Hall–Kier alpha value is -2.04. The van der Waals surface area contributed by atoms with Gasteiger partial charge in [0.05, 0.1) is 11.3 Å². The monoisotopic (exact) mass is 265 g/mol. The maximum atomic E-state index is 13.7.